The Hall–Kier alpha value is -2.70. The first-order valence-electron chi connectivity index (χ1n) is 11.2. The molecule has 33 heavy (non-hydrogen) atoms. The molecule has 2 aromatic carbocycles. The van der Waals surface area contributed by atoms with Crippen LogP contribution < -0.4 is 0 Å². The van der Waals surface area contributed by atoms with Crippen LogP contribution in [0.5, 0.6) is 0 Å². The van der Waals surface area contributed by atoms with Crippen molar-refractivity contribution in [2.24, 2.45) is 11.3 Å². The molecule has 0 radical (unpaired) electrons. The number of rotatable bonds is 4. The Morgan fingerprint density at radius 1 is 1.03 bits per heavy atom. The maximum absolute atomic E-state index is 13.4. The van der Waals surface area contributed by atoms with Gasteiger partial charge < -0.3 is 4.74 Å². The molecule has 1 aliphatic carbocycles. The lowest BCUT2D eigenvalue weighted by Gasteiger charge is -2.36. The fraction of sp³-hybridized carbons (Fsp3) is 0.370. The summed E-state index contributed by atoms with van der Waals surface area (Å²) in [5.41, 5.74) is 3.62. The number of benzene rings is 2. The molecule has 5 nitrogen and oxygen atoms in total. The molecule has 0 aromatic heterocycles. The van der Waals surface area contributed by atoms with E-state index in [0.29, 0.717) is 12.3 Å². The van der Waals surface area contributed by atoms with Gasteiger partial charge in [0, 0.05) is 37.3 Å². The van der Waals surface area contributed by atoms with Crippen molar-refractivity contribution in [2.45, 2.75) is 45.4 Å². The minimum Gasteiger partial charge on any atom is -0.431 e. The van der Waals surface area contributed by atoms with Crippen molar-refractivity contribution >= 4 is 16.0 Å². The molecule has 6 heteroatoms. The van der Waals surface area contributed by atoms with Crippen LogP contribution in [0.25, 0.3) is 0 Å². The van der Waals surface area contributed by atoms with Crippen molar-refractivity contribution in [1.29, 1.82) is 0 Å². The number of esters is 1. The number of hydrogen-bond acceptors (Lipinski definition) is 4. The van der Waals surface area contributed by atoms with Crippen LogP contribution in [0.4, 0.5) is 0 Å². The predicted molar refractivity (Wildman–Crippen MR) is 129 cm³/mol. The molecule has 0 amide bonds. The number of sulfonamides is 1. The van der Waals surface area contributed by atoms with E-state index in [4.69, 9.17) is 4.74 Å². The Bertz CT molecular complexity index is 1220. The summed E-state index contributed by atoms with van der Waals surface area (Å²) < 4.78 is 34.2. The van der Waals surface area contributed by atoms with Gasteiger partial charge in [-0.05, 0) is 37.1 Å². The van der Waals surface area contributed by atoms with Crippen LogP contribution in [-0.4, -0.2) is 31.8 Å². The molecular formula is C27H31NO4S. The van der Waals surface area contributed by atoms with Gasteiger partial charge in [0.2, 0.25) is 10.0 Å². The third-order valence-corrected chi connectivity index (χ3v) is 8.58. The summed E-state index contributed by atoms with van der Waals surface area (Å²) in [7, 11) is -3.67. The van der Waals surface area contributed by atoms with Gasteiger partial charge in [-0.3, -0.25) is 4.79 Å². The average Bonchev–Trinajstić information content (AvgIpc) is 3.14. The van der Waals surface area contributed by atoms with E-state index in [9.17, 15) is 13.2 Å². The van der Waals surface area contributed by atoms with Crippen molar-refractivity contribution in [3.8, 4) is 0 Å². The lowest BCUT2D eigenvalue weighted by atomic mass is 9.70. The van der Waals surface area contributed by atoms with E-state index in [2.05, 4.69) is 39.0 Å². The van der Waals surface area contributed by atoms with Gasteiger partial charge in [0.1, 0.15) is 5.76 Å². The van der Waals surface area contributed by atoms with Gasteiger partial charge in [-0.2, -0.15) is 4.31 Å². The van der Waals surface area contributed by atoms with E-state index in [0.717, 1.165) is 22.3 Å². The van der Waals surface area contributed by atoms with Crippen LogP contribution in [-0.2, 0) is 19.6 Å². The van der Waals surface area contributed by atoms with E-state index >= 15 is 0 Å². The average molecular weight is 466 g/mol. The Labute approximate surface area is 196 Å². The Balaban J connectivity index is 1.81. The SMILES string of the molecule is CC(=O)OC1=C2CN(S(=O)(=O)c3ccc(C)cc3)C[C@H]2C=C(C)[C@@H](c2ccccc2)C1(C)C. The van der Waals surface area contributed by atoms with Crippen molar-refractivity contribution in [3.63, 3.8) is 0 Å². The van der Waals surface area contributed by atoms with Crippen LogP contribution in [0, 0.1) is 18.3 Å². The maximum atomic E-state index is 13.4. The second-order valence-corrected chi connectivity index (χ2v) is 11.6. The number of nitrogens with zero attached hydrogens (tertiary/aromatic N) is 1. The van der Waals surface area contributed by atoms with E-state index < -0.39 is 21.4 Å². The van der Waals surface area contributed by atoms with Crippen LogP contribution in [0.15, 0.2) is 82.5 Å². The van der Waals surface area contributed by atoms with Crippen LogP contribution in [0.3, 0.4) is 0 Å². The number of fused-ring (bicyclic) bond motifs is 1. The zero-order valence-electron chi connectivity index (χ0n) is 19.8. The minimum absolute atomic E-state index is 0.00769. The van der Waals surface area contributed by atoms with Crippen molar-refractivity contribution in [1.82, 2.24) is 4.31 Å². The molecule has 0 spiro atoms. The molecule has 2 aromatic rings. The van der Waals surface area contributed by atoms with E-state index in [-0.39, 0.29) is 23.3 Å². The molecule has 174 valence electrons. The minimum atomic E-state index is -3.67. The molecule has 1 saturated heterocycles. The quantitative estimate of drug-likeness (QED) is 0.460. The van der Waals surface area contributed by atoms with Crippen molar-refractivity contribution in [3.05, 3.63) is 88.7 Å². The van der Waals surface area contributed by atoms with Crippen molar-refractivity contribution < 1.29 is 17.9 Å². The first kappa shape index (κ1) is 23.5. The molecule has 0 bridgehead atoms. The van der Waals surface area contributed by atoms with Gasteiger partial charge in [-0.1, -0.05) is 73.5 Å². The van der Waals surface area contributed by atoms with E-state index in [1.54, 1.807) is 12.1 Å². The molecule has 1 heterocycles. The standard InChI is InChI=1S/C27H31NO4S/c1-18-11-13-23(14-12-18)33(30,31)28-16-22-15-19(2)25(21-9-7-6-8-10-21)27(4,5)26(24(22)17-28)32-20(3)29/h6-15,22,25H,16-17H2,1-5H3/t22-,25+/m1/s1. The largest absolute Gasteiger partial charge is 0.431 e. The predicted octanol–water partition coefficient (Wildman–Crippen LogP) is 5.20. The number of ether oxygens (including phenoxy) is 1. The normalized spacial score (nSPS) is 23.0. The Morgan fingerprint density at radius 3 is 2.27 bits per heavy atom. The van der Waals surface area contributed by atoms with Crippen LogP contribution in [0.2, 0.25) is 0 Å². The van der Waals surface area contributed by atoms with Gasteiger partial charge in [0.05, 0.1) is 4.90 Å². The topological polar surface area (TPSA) is 63.7 Å². The highest BCUT2D eigenvalue weighted by molar-refractivity contribution is 7.89. The number of carbonyl (C=O) groups is 1. The maximum Gasteiger partial charge on any atom is 0.307 e. The molecule has 1 fully saturated rings. The zero-order valence-corrected chi connectivity index (χ0v) is 20.6. The molecule has 0 unspecified atom stereocenters. The van der Waals surface area contributed by atoms with E-state index in [1.807, 2.05) is 37.3 Å². The zero-order chi connectivity index (χ0) is 24.0. The summed E-state index contributed by atoms with van der Waals surface area (Å²) in [5.74, 6) is 0.0555. The van der Waals surface area contributed by atoms with Crippen molar-refractivity contribution in [2.75, 3.05) is 13.1 Å². The highest BCUT2D eigenvalue weighted by atomic mass is 32.2. The lowest BCUT2D eigenvalue weighted by molar-refractivity contribution is -0.138. The monoisotopic (exact) mass is 465 g/mol. The Morgan fingerprint density at radius 2 is 1.67 bits per heavy atom. The van der Waals surface area contributed by atoms with Gasteiger partial charge in [0.25, 0.3) is 0 Å². The van der Waals surface area contributed by atoms with Crippen LogP contribution in [0.1, 0.15) is 44.7 Å². The second-order valence-electron chi connectivity index (χ2n) is 9.64. The van der Waals surface area contributed by atoms with Crippen LogP contribution >= 0.6 is 0 Å². The smallest absolute Gasteiger partial charge is 0.307 e. The van der Waals surface area contributed by atoms with Gasteiger partial charge in [-0.25, -0.2) is 8.42 Å². The molecule has 0 N–H and O–H groups in total. The fourth-order valence-corrected chi connectivity index (χ4v) is 6.77. The van der Waals surface area contributed by atoms with Gasteiger partial charge >= 0.3 is 5.97 Å². The fourth-order valence-electron chi connectivity index (χ4n) is 5.33. The molecular weight excluding hydrogens is 434 g/mol. The summed E-state index contributed by atoms with van der Waals surface area (Å²) in [6.45, 7) is 10.1. The summed E-state index contributed by atoms with van der Waals surface area (Å²) in [6.07, 6.45) is 2.16. The first-order valence-corrected chi connectivity index (χ1v) is 12.7. The number of aryl methyl sites for hydroxylation is 1. The van der Waals surface area contributed by atoms with Gasteiger partial charge in [0.15, 0.2) is 0 Å². The lowest BCUT2D eigenvalue weighted by Crippen LogP contribution is -2.31. The van der Waals surface area contributed by atoms with Gasteiger partial charge in [-0.15, -0.1) is 0 Å². The number of allylic oxidation sites excluding steroid dienone is 2. The first-order chi connectivity index (χ1) is 15.5. The molecule has 1 aliphatic heterocycles. The summed E-state index contributed by atoms with van der Waals surface area (Å²) in [6, 6.07) is 17.1. The highest BCUT2D eigenvalue weighted by Gasteiger charge is 2.46. The number of carbonyl (C=O) groups excluding carboxylic acids is 1. The summed E-state index contributed by atoms with van der Waals surface area (Å²) in [4.78, 5) is 12.4. The Kier molecular flexibility index (Phi) is 6.10. The third kappa shape index (κ3) is 4.30. The number of hydrogen-bond donors (Lipinski definition) is 0. The molecule has 0 saturated carbocycles. The summed E-state index contributed by atoms with van der Waals surface area (Å²) in [5, 5.41) is 0. The molecule has 2 atom stereocenters. The molecule has 4 rings (SSSR count). The summed E-state index contributed by atoms with van der Waals surface area (Å²) >= 11 is 0. The highest BCUT2D eigenvalue weighted by Crippen LogP contribution is 2.52. The second kappa shape index (κ2) is 8.58. The van der Waals surface area contributed by atoms with E-state index in [1.165, 1.54) is 11.2 Å². The third-order valence-electron chi connectivity index (χ3n) is 6.75. The molecule has 2 aliphatic rings.